The number of sulfonamides is 1. The molecule has 0 fully saturated rings. The topological polar surface area (TPSA) is 154 Å². The maximum atomic E-state index is 12.8. The van der Waals surface area contributed by atoms with Crippen molar-refractivity contribution in [1.29, 1.82) is 0 Å². The Bertz CT molecular complexity index is 1360. The van der Waals surface area contributed by atoms with Gasteiger partial charge in [-0.3, -0.25) is 0 Å². The molecule has 0 saturated carbocycles. The monoisotopic (exact) mass is 490 g/mol. The van der Waals surface area contributed by atoms with Gasteiger partial charge in [-0.05, 0) is 53.8 Å². The van der Waals surface area contributed by atoms with Crippen molar-refractivity contribution in [2.75, 3.05) is 6.54 Å². The second kappa shape index (κ2) is 10.4. The number of nitrogens with zero attached hydrogens (tertiary/aromatic N) is 1. The first-order valence-corrected chi connectivity index (χ1v) is 11.5. The van der Waals surface area contributed by atoms with E-state index in [9.17, 15) is 23.3 Å². The highest BCUT2D eigenvalue weighted by Crippen LogP contribution is 2.26. The zero-order valence-corrected chi connectivity index (χ0v) is 18.7. The molecular weight excluding hydrogens is 472 g/mol. The van der Waals surface area contributed by atoms with Gasteiger partial charge in [0.05, 0.1) is 11.4 Å². The van der Waals surface area contributed by atoms with E-state index in [0.29, 0.717) is 22.7 Å². The van der Waals surface area contributed by atoms with Crippen molar-refractivity contribution in [1.82, 2.24) is 15.0 Å². The van der Waals surface area contributed by atoms with Gasteiger partial charge in [0.1, 0.15) is 4.92 Å². The van der Waals surface area contributed by atoms with Gasteiger partial charge in [0, 0.05) is 34.6 Å². The van der Waals surface area contributed by atoms with E-state index in [1.807, 2.05) is 6.04 Å². The van der Waals surface area contributed by atoms with Crippen LogP contribution >= 0.6 is 11.6 Å². The smallest absolute Gasteiger partial charge is 0.404 e. The summed E-state index contributed by atoms with van der Waals surface area (Å²) in [7, 11) is -3.86. The Kier molecular flexibility index (Phi) is 7.55. The maximum absolute atomic E-state index is 12.8. The molecule has 1 amide bonds. The molecule has 0 radical (unpaired) electrons. The number of aromatic amines is 1. The summed E-state index contributed by atoms with van der Waals surface area (Å²) in [4.78, 5) is 23.5. The summed E-state index contributed by atoms with van der Waals surface area (Å²) in [6.07, 6.45) is -0.688. The molecule has 0 unspecified atom stereocenters. The van der Waals surface area contributed by atoms with E-state index in [1.165, 1.54) is 24.3 Å². The fourth-order valence-electron chi connectivity index (χ4n) is 3.25. The number of nitrogens with one attached hydrogen (secondary N) is 3. The van der Waals surface area contributed by atoms with Crippen molar-refractivity contribution in [3.63, 3.8) is 0 Å². The lowest BCUT2D eigenvalue weighted by Crippen LogP contribution is -2.25. The van der Waals surface area contributed by atoms with Gasteiger partial charge < -0.3 is 15.4 Å². The van der Waals surface area contributed by atoms with Crippen LogP contribution in [-0.2, 0) is 29.4 Å². The molecule has 3 rings (SSSR count). The van der Waals surface area contributed by atoms with Crippen molar-refractivity contribution in [2.45, 2.75) is 24.3 Å². The first-order chi connectivity index (χ1) is 15.7. The van der Waals surface area contributed by atoms with E-state index >= 15 is 0 Å². The van der Waals surface area contributed by atoms with Gasteiger partial charge in [-0.15, -0.1) is 0 Å². The number of carboxylic acid groups (broad SMARTS) is 1. The molecule has 12 heteroatoms. The minimum Gasteiger partial charge on any atom is -0.465 e. The Morgan fingerprint density at radius 2 is 1.94 bits per heavy atom. The SMILES string of the molecule is O=C(O)NCCc1c(CNS(=O)(=O)c2ccc(CC#C[N+](=O)[O-])cc2)[nH]c2ccc(Cl)cc12. The average molecular weight is 491 g/mol. The minimum atomic E-state index is -3.86. The van der Waals surface area contributed by atoms with Crippen molar-refractivity contribution < 1.29 is 23.2 Å². The first-order valence-electron chi connectivity index (χ1n) is 9.63. The zero-order valence-electron chi connectivity index (χ0n) is 17.1. The summed E-state index contributed by atoms with van der Waals surface area (Å²) < 4.78 is 28.0. The first kappa shape index (κ1) is 24.1. The quantitative estimate of drug-likeness (QED) is 0.165. The number of H-pyrrole nitrogens is 1. The van der Waals surface area contributed by atoms with E-state index in [0.717, 1.165) is 16.5 Å². The Morgan fingerprint density at radius 1 is 1.21 bits per heavy atom. The molecule has 33 heavy (non-hydrogen) atoms. The number of nitro groups is 1. The third-order valence-electron chi connectivity index (χ3n) is 4.74. The van der Waals surface area contributed by atoms with Crippen LogP contribution in [0.4, 0.5) is 4.79 Å². The molecular formula is C21H19ClN4O6S. The molecule has 0 aliphatic heterocycles. The van der Waals surface area contributed by atoms with Gasteiger partial charge in [0.15, 0.2) is 0 Å². The number of rotatable bonds is 8. The lowest BCUT2D eigenvalue weighted by atomic mass is 10.1. The van der Waals surface area contributed by atoms with Crippen LogP contribution in [0, 0.1) is 22.1 Å². The molecule has 4 N–H and O–H groups in total. The van der Waals surface area contributed by atoms with Crippen LogP contribution in [0.5, 0.6) is 0 Å². The molecule has 172 valence electrons. The van der Waals surface area contributed by atoms with Gasteiger partial charge in [-0.25, -0.2) is 28.0 Å². The summed E-state index contributed by atoms with van der Waals surface area (Å²) in [5, 5.41) is 22.7. The van der Waals surface area contributed by atoms with Crippen LogP contribution in [-0.4, -0.2) is 36.1 Å². The Labute approximate surface area is 194 Å². The highest BCUT2D eigenvalue weighted by molar-refractivity contribution is 7.89. The fourth-order valence-corrected chi connectivity index (χ4v) is 4.42. The zero-order chi connectivity index (χ0) is 24.0. The molecule has 1 heterocycles. The summed E-state index contributed by atoms with van der Waals surface area (Å²) in [6.45, 7) is 0.0997. The van der Waals surface area contributed by atoms with Gasteiger partial charge in [0.25, 0.3) is 6.04 Å². The molecule has 0 spiro atoms. The van der Waals surface area contributed by atoms with Crippen LogP contribution in [0.15, 0.2) is 47.4 Å². The number of amides is 1. The standard InChI is InChI=1S/C21H19ClN4O6S/c22-15-5-8-19-18(12-15)17(9-10-23-21(27)28)20(25-19)13-24-33(31,32)16-6-3-14(4-7-16)2-1-11-26(29)30/h3-8,12,23-25H,2,9-10,13H2,(H,27,28). The van der Waals surface area contributed by atoms with Crippen LogP contribution < -0.4 is 10.0 Å². The molecule has 0 bridgehead atoms. The summed E-state index contributed by atoms with van der Waals surface area (Å²) in [5.41, 5.74) is 2.74. The molecule has 10 nitrogen and oxygen atoms in total. The van der Waals surface area contributed by atoms with Crippen molar-refractivity contribution in [3.8, 4) is 12.0 Å². The molecule has 2 aromatic carbocycles. The Hall–Kier alpha value is -3.59. The van der Waals surface area contributed by atoms with Crippen molar-refractivity contribution >= 4 is 38.6 Å². The largest absolute Gasteiger partial charge is 0.465 e. The second-order valence-corrected chi connectivity index (χ2v) is 9.15. The van der Waals surface area contributed by atoms with Crippen LogP contribution in [0.3, 0.4) is 0 Å². The maximum Gasteiger partial charge on any atom is 0.404 e. The van der Waals surface area contributed by atoms with E-state index in [-0.39, 0.29) is 24.4 Å². The highest BCUT2D eigenvalue weighted by atomic mass is 35.5. The minimum absolute atomic E-state index is 0.0294. The van der Waals surface area contributed by atoms with E-state index < -0.39 is 21.0 Å². The van der Waals surface area contributed by atoms with Crippen LogP contribution in [0.25, 0.3) is 10.9 Å². The fraction of sp³-hybridized carbons (Fsp3) is 0.190. The van der Waals surface area contributed by atoms with Gasteiger partial charge in [-0.2, -0.15) is 0 Å². The number of hydrogen-bond donors (Lipinski definition) is 4. The molecule has 0 saturated heterocycles. The predicted molar refractivity (Wildman–Crippen MR) is 122 cm³/mol. The average Bonchev–Trinajstić information content (AvgIpc) is 3.09. The van der Waals surface area contributed by atoms with E-state index in [1.54, 1.807) is 18.2 Å². The summed E-state index contributed by atoms with van der Waals surface area (Å²) in [5.74, 6) is 2.38. The number of hydrogen-bond acceptors (Lipinski definition) is 5. The predicted octanol–water partition coefficient (Wildman–Crippen LogP) is 2.89. The third-order valence-corrected chi connectivity index (χ3v) is 6.40. The second-order valence-electron chi connectivity index (χ2n) is 6.94. The number of benzene rings is 2. The van der Waals surface area contributed by atoms with Crippen LogP contribution in [0.1, 0.15) is 16.8 Å². The highest BCUT2D eigenvalue weighted by Gasteiger charge is 2.17. The normalized spacial score (nSPS) is 11.1. The summed E-state index contributed by atoms with van der Waals surface area (Å²) in [6, 6.07) is 12.9. The lowest BCUT2D eigenvalue weighted by molar-refractivity contribution is -0.379. The van der Waals surface area contributed by atoms with Gasteiger partial charge in [0.2, 0.25) is 10.0 Å². The van der Waals surface area contributed by atoms with Gasteiger partial charge >= 0.3 is 6.09 Å². The number of carbonyl (C=O) groups is 1. The van der Waals surface area contributed by atoms with Crippen LogP contribution in [0.2, 0.25) is 5.02 Å². The number of aromatic nitrogens is 1. The molecule has 0 aliphatic rings. The molecule has 0 aliphatic carbocycles. The van der Waals surface area contributed by atoms with Crippen molar-refractivity contribution in [3.05, 3.63) is 74.4 Å². The van der Waals surface area contributed by atoms with E-state index in [2.05, 4.69) is 20.9 Å². The number of fused-ring (bicyclic) bond motifs is 1. The van der Waals surface area contributed by atoms with Crippen molar-refractivity contribution in [2.24, 2.45) is 0 Å². The lowest BCUT2D eigenvalue weighted by Gasteiger charge is -2.09. The third kappa shape index (κ3) is 6.45. The molecule has 0 atom stereocenters. The van der Waals surface area contributed by atoms with Gasteiger partial charge in [-0.1, -0.05) is 23.7 Å². The van der Waals surface area contributed by atoms with E-state index in [4.69, 9.17) is 16.7 Å². The number of halogens is 1. The summed E-state index contributed by atoms with van der Waals surface area (Å²) >= 11 is 6.10. The molecule has 1 aromatic heterocycles. The Morgan fingerprint density at radius 3 is 2.61 bits per heavy atom. The molecule has 3 aromatic rings. The Balaban J connectivity index is 1.77.